The molecule has 2 nitrogen and oxygen atoms in total. The van der Waals surface area contributed by atoms with E-state index in [1.54, 1.807) is 0 Å². The standard InChI is InChI=1S/C20H27NO/c1-14(2)13-19(21)20(22,17-9-5-15(3)6-10-17)18-11-7-16(4)8-12-18/h5-12,14,19,22H,13,21H2,1-4H3/t19-/m1/s1. The summed E-state index contributed by atoms with van der Waals surface area (Å²) in [6.07, 6.45) is 0.762. The predicted octanol–water partition coefficient (Wildman–Crippen LogP) is 3.91. The number of rotatable bonds is 5. The summed E-state index contributed by atoms with van der Waals surface area (Å²) in [5.41, 5.74) is 9.34. The van der Waals surface area contributed by atoms with E-state index in [-0.39, 0.29) is 6.04 Å². The van der Waals surface area contributed by atoms with Gasteiger partial charge in [0.1, 0.15) is 5.60 Å². The number of hydrogen-bond acceptors (Lipinski definition) is 2. The predicted molar refractivity (Wildman–Crippen MR) is 92.8 cm³/mol. The van der Waals surface area contributed by atoms with Crippen LogP contribution in [-0.4, -0.2) is 11.1 Å². The fraction of sp³-hybridized carbons (Fsp3) is 0.400. The first-order chi connectivity index (χ1) is 10.3. The molecule has 0 aliphatic carbocycles. The van der Waals surface area contributed by atoms with Crippen molar-refractivity contribution >= 4 is 0 Å². The monoisotopic (exact) mass is 297 g/mol. The van der Waals surface area contributed by atoms with Gasteiger partial charge in [-0.05, 0) is 37.3 Å². The van der Waals surface area contributed by atoms with Gasteiger partial charge < -0.3 is 10.8 Å². The lowest BCUT2D eigenvalue weighted by Gasteiger charge is -2.36. The Morgan fingerprint density at radius 3 is 1.55 bits per heavy atom. The summed E-state index contributed by atoms with van der Waals surface area (Å²) in [5.74, 6) is 0.428. The summed E-state index contributed by atoms with van der Waals surface area (Å²) in [5, 5.41) is 11.5. The van der Waals surface area contributed by atoms with E-state index in [0.29, 0.717) is 5.92 Å². The summed E-state index contributed by atoms with van der Waals surface area (Å²) in [4.78, 5) is 0. The maximum Gasteiger partial charge on any atom is 0.130 e. The third kappa shape index (κ3) is 3.40. The molecule has 0 radical (unpaired) electrons. The second-order valence-corrected chi connectivity index (χ2v) is 6.73. The van der Waals surface area contributed by atoms with Gasteiger partial charge in [0.25, 0.3) is 0 Å². The van der Waals surface area contributed by atoms with Gasteiger partial charge in [0.05, 0.1) is 0 Å². The molecule has 2 aromatic rings. The summed E-state index contributed by atoms with van der Waals surface area (Å²) in [7, 11) is 0. The van der Waals surface area contributed by atoms with E-state index >= 15 is 0 Å². The highest BCUT2D eigenvalue weighted by Gasteiger charge is 2.38. The lowest BCUT2D eigenvalue weighted by molar-refractivity contribution is 0.0442. The molecule has 0 saturated carbocycles. The van der Waals surface area contributed by atoms with Gasteiger partial charge >= 0.3 is 0 Å². The smallest absolute Gasteiger partial charge is 0.130 e. The first-order valence-electron chi connectivity index (χ1n) is 7.96. The molecule has 3 N–H and O–H groups in total. The van der Waals surface area contributed by atoms with Crippen LogP contribution >= 0.6 is 0 Å². The maximum absolute atomic E-state index is 11.5. The van der Waals surface area contributed by atoms with Crippen molar-refractivity contribution in [3.05, 3.63) is 70.8 Å². The van der Waals surface area contributed by atoms with E-state index in [1.807, 2.05) is 62.4 Å². The van der Waals surface area contributed by atoms with Crippen LogP contribution in [0, 0.1) is 19.8 Å². The van der Waals surface area contributed by atoms with Gasteiger partial charge in [-0.25, -0.2) is 0 Å². The molecule has 2 rings (SSSR count). The summed E-state index contributed by atoms with van der Waals surface area (Å²) in [6.45, 7) is 8.35. The average molecular weight is 297 g/mol. The van der Waals surface area contributed by atoms with Gasteiger partial charge in [0.2, 0.25) is 0 Å². The van der Waals surface area contributed by atoms with E-state index in [9.17, 15) is 5.11 Å². The van der Waals surface area contributed by atoms with Crippen LogP contribution in [0.25, 0.3) is 0 Å². The van der Waals surface area contributed by atoms with Crippen LogP contribution < -0.4 is 5.73 Å². The van der Waals surface area contributed by atoms with Crippen molar-refractivity contribution in [2.75, 3.05) is 0 Å². The van der Waals surface area contributed by atoms with Crippen molar-refractivity contribution < 1.29 is 5.11 Å². The van der Waals surface area contributed by atoms with Crippen LogP contribution in [0.2, 0.25) is 0 Å². The Morgan fingerprint density at radius 2 is 1.23 bits per heavy atom. The first kappa shape index (κ1) is 16.7. The average Bonchev–Trinajstić information content (AvgIpc) is 2.47. The Kier molecular flexibility index (Phi) is 5.05. The Balaban J connectivity index is 2.52. The Bertz CT molecular complexity index is 553. The lowest BCUT2D eigenvalue weighted by atomic mass is 9.77. The van der Waals surface area contributed by atoms with Crippen LogP contribution in [0.5, 0.6) is 0 Å². The zero-order chi connectivity index (χ0) is 16.3. The molecule has 1 atom stereocenters. The van der Waals surface area contributed by atoms with Crippen LogP contribution in [0.4, 0.5) is 0 Å². The van der Waals surface area contributed by atoms with Crippen molar-refractivity contribution in [1.29, 1.82) is 0 Å². The van der Waals surface area contributed by atoms with E-state index in [2.05, 4.69) is 13.8 Å². The summed E-state index contributed by atoms with van der Waals surface area (Å²) in [6, 6.07) is 15.7. The van der Waals surface area contributed by atoms with Gasteiger partial charge in [-0.3, -0.25) is 0 Å². The number of aryl methyl sites for hydroxylation is 2. The zero-order valence-corrected chi connectivity index (χ0v) is 14.0. The first-order valence-corrected chi connectivity index (χ1v) is 7.96. The molecule has 0 aliphatic heterocycles. The molecular formula is C20H27NO. The van der Waals surface area contributed by atoms with Crippen LogP contribution in [0.1, 0.15) is 42.5 Å². The van der Waals surface area contributed by atoms with Gasteiger partial charge in [-0.1, -0.05) is 73.5 Å². The molecule has 0 saturated heterocycles. The number of aliphatic hydroxyl groups is 1. The van der Waals surface area contributed by atoms with Gasteiger partial charge in [0, 0.05) is 6.04 Å². The van der Waals surface area contributed by atoms with E-state index in [0.717, 1.165) is 17.5 Å². The zero-order valence-electron chi connectivity index (χ0n) is 14.0. The maximum atomic E-state index is 11.5. The lowest BCUT2D eigenvalue weighted by Crippen LogP contribution is -2.47. The second kappa shape index (κ2) is 6.64. The summed E-state index contributed by atoms with van der Waals surface area (Å²) >= 11 is 0. The molecule has 2 heteroatoms. The molecule has 2 aromatic carbocycles. The number of hydrogen-bond donors (Lipinski definition) is 2. The molecule has 0 spiro atoms. The molecular weight excluding hydrogens is 270 g/mol. The minimum atomic E-state index is -1.16. The Hall–Kier alpha value is -1.64. The van der Waals surface area contributed by atoms with E-state index in [1.165, 1.54) is 11.1 Å². The highest BCUT2D eigenvalue weighted by atomic mass is 16.3. The van der Waals surface area contributed by atoms with Gasteiger partial charge in [-0.15, -0.1) is 0 Å². The van der Waals surface area contributed by atoms with Gasteiger partial charge in [-0.2, -0.15) is 0 Å². The van der Waals surface area contributed by atoms with Crippen molar-refractivity contribution in [2.24, 2.45) is 11.7 Å². The van der Waals surface area contributed by atoms with Crippen LogP contribution in [0.3, 0.4) is 0 Å². The molecule has 0 aliphatic rings. The molecule has 118 valence electrons. The van der Waals surface area contributed by atoms with E-state index < -0.39 is 5.60 Å². The SMILES string of the molecule is Cc1ccc(C(O)(c2ccc(C)cc2)[C@H](N)CC(C)C)cc1. The number of benzene rings is 2. The molecule has 0 fully saturated rings. The fourth-order valence-corrected chi connectivity index (χ4v) is 2.89. The number of nitrogens with two attached hydrogens (primary N) is 1. The second-order valence-electron chi connectivity index (χ2n) is 6.73. The third-order valence-corrected chi connectivity index (χ3v) is 4.25. The quantitative estimate of drug-likeness (QED) is 0.879. The van der Waals surface area contributed by atoms with E-state index in [4.69, 9.17) is 5.73 Å². The van der Waals surface area contributed by atoms with Crippen LogP contribution in [0.15, 0.2) is 48.5 Å². The summed E-state index contributed by atoms with van der Waals surface area (Å²) < 4.78 is 0. The molecule has 0 heterocycles. The molecule has 0 bridgehead atoms. The minimum absolute atomic E-state index is 0.349. The van der Waals surface area contributed by atoms with Gasteiger partial charge in [0.15, 0.2) is 0 Å². The van der Waals surface area contributed by atoms with Crippen molar-refractivity contribution in [2.45, 2.75) is 45.8 Å². The Morgan fingerprint density at radius 1 is 0.864 bits per heavy atom. The Labute approximate surface area is 134 Å². The van der Waals surface area contributed by atoms with Crippen molar-refractivity contribution in [1.82, 2.24) is 0 Å². The third-order valence-electron chi connectivity index (χ3n) is 4.25. The molecule has 22 heavy (non-hydrogen) atoms. The molecule has 0 unspecified atom stereocenters. The minimum Gasteiger partial charge on any atom is -0.379 e. The fourth-order valence-electron chi connectivity index (χ4n) is 2.89. The molecule has 0 aromatic heterocycles. The highest BCUT2D eigenvalue weighted by Crippen LogP contribution is 2.35. The van der Waals surface area contributed by atoms with Crippen molar-refractivity contribution in [3.8, 4) is 0 Å². The van der Waals surface area contributed by atoms with Crippen LogP contribution in [-0.2, 0) is 5.60 Å². The highest BCUT2D eigenvalue weighted by molar-refractivity contribution is 5.40. The molecule has 0 amide bonds. The normalized spacial score (nSPS) is 13.4. The van der Waals surface area contributed by atoms with Crippen molar-refractivity contribution in [3.63, 3.8) is 0 Å². The largest absolute Gasteiger partial charge is 0.379 e. The topological polar surface area (TPSA) is 46.2 Å².